The van der Waals surface area contributed by atoms with Gasteiger partial charge in [0, 0.05) is 30.6 Å². The zero-order valence-corrected chi connectivity index (χ0v) is 11.7. The van der Waals surface area contributed by atoms with E-state index in [9.17, 15) is 0 Å². The smallest absolute Gasteiger partial charge is 0.0468 e. The van der Waals surface area contributed by atoms with E-state index in [2.05, 4.69) is 43.3 Å². The minimum atomic E-state index is 0.438. The third-order valence-electron chi connectivity index (χ3n) is 3.76. The molecule has 1 saturated heterocycles. The van der Waals surface area contributed by atoms with E-state index in [1.54, 1.807) is 0 Å². The van der Waals surface area contributed by atoms with Crippen molar-refractivity contribution in [3.05, 3.63) is 29.1 Å². The molecular weight excluding hydrogens is 224 g/mol. The molecule has 0 saturated carbocycles. The van der Waals surface area contributed by atoms with Gasteiger partial charge in [-0.3, -0.25) is 4.98 Å². The Balaban J connectivity index is 2.06. The molecule has 0 aliphatic carbocycles. The van der Waals surface area contributed by atoms with Crippen molar-refractivity contribution in [2.45, 2.75) is 39.2 Å². The van der Waals surface area contributed by atoms with Gasteiger partial charge >= 0.3 is 0 Å². The molecular formula is C15H24N2O. The molecule has 0 radical (unpaired) electrons. The number of hydrogen-bond acceptors (Lipinski definition) is 3. The normalized spacial score (nSPS) is 18.8. The highest BCUT2D eigenvalue weighted by Crippen LogP contribution is 2.27. The van der Waals surface area contributed by atoms with Gasteiger partial charge in [-0.1, -0.05) is 0 Å². The average Bonchev–Trinajstić information content (AvgIpc) is 2.36. The molecule has 1 aliphatic rings. The van der Waals surface area contributed by atoms with Crippen LogP contribution in [0.4, 0.5) is 0 Å². The van der Waals surface area contributed by atoms with Gasteiger partial charge in [0.15, 0.2) is 0 Å². The fourth-order valence-corrected chi connectivity index (χ4v) is 2.80. The summed E-state index contributed by atoms with van der Waals surface area (Å²) in [5, 5.41) is 3.45. The summed E-state index contributed by atoms with van der Waals surface area (Å²) in [6.07, 6.45) is 3.59. The van der Waals surface area contributed by atoms with Crippen LogP contribution in [-0.2, 0) is 4.74 Å². The highest BCUT2D eigenvalue weighted by molar-refractivity contribution is 5.23. The number of nitrogens with zero attached hydrogens (tertiary/aromatic N) is 1. The molecule has 0 spiro atoms. The molecule has 1 N–H and O–H groups in total. The van der Waals surface area contributed by atoms with Gasteiger partial charge in [0.2, 0.25) is 0 Å². The summed E-state index contributed by atoms with van der Waals surface area (Å²) in [5.41, 5.74) is 3.59. The first-order chi connectivity index (χ1) is 8.69. The maximum absolute atomic E-state index is 5.43. The van der Waals surface area contributed by atoms with Crippen LogP contribution in [0.25, 0.3) is 0 Å². The van der Waals surface area contributed by atoms with Gasteiger partial charge in [0.05, 0.1) is 0 Å². The summed E-state index contributed by atoms with van der Waals surface area (Å²) < 4.78 is 5.43. The lowest BCUT2D eigenvalue weighted by Gasteiger charge is -2.27. The van der Waals surface area contributed by atoms with E-state index in [1.165, 1.54) is 24.8 Å². The van der Waals surface area contributed by atoms with Gasteiger partial charge in [-0.25, -0.2) is 0 Å². The molecule has 1 aromatic heterocycles. The monoisotopic (exact) mass is 248 g/mol. The Morgan fingerprint density at radius 2 is 1.89 bits per heavy atom. The molecule has 0 bridgehead atoms. The van der Waals surface area contributed by atoms with Crippen molar-refractivity contribution in [2.75, 3.05) is 20.3 Å². The third kappa shape index (κ3) is 3.53. The Hall–Kier alpha value is -0.930. The van der Waals surface area contributed by atoms with Crippen LogP contribution in [0.3, 0.4) is 0 Å². The molecule has 1 aromatic rings. The highest BCUT2D eigenvalue weighted by atomic mass is 16.5. The van der Waals surface area contributed by atoms with Crippen LogP contribution in [0.2, 0.25) is 0 Å². The number of nitrogens with one attached hydrogen (secondary N) is 1. The average molecular weight is 248 g/mol. The lowest BCUT2D eigenvalue weighted by Crippen LogP contribution is -2.24. The SMILES string of the molecule is CNC(CC1CCOCC1)c1cc(C)nc(C)c1. The molecule has 18 heavy (non-hydrogen) atoms. The Morgan fingerprint density at radius 1 is 1.28 bits per heavy atom. The van der Waals surface area contributed by atoms with Gasteiger partial charge in [0.1, 0.15) is 0 Å². The van der Waals surface area contributed by atoms with Crippen LogP contribution in [-0.4, -0.2) is 25.2 Å². The minimum absolute atomic E-state index is 0.438. The molecule has 1 unspecified atom stereocenters. The van der Waals surface area contributed by atoms with Crippen LogP contribution in [0.1, 0.15) is 42.3 Å². The Kier molecular flexibility index (Phi) is 4.72. The van der Waals surface area contributed by atoms with E-state index < -0.39 is 0 Å². The second-order valence-corrected chi connectivity index (χ2v) is 5.32. The van der Waals surface area contributed by atoms with Crippen molar-refractivity contribution in [3.8, 4) is 0 Å². The quantitative estimate of drug-likeness (QED) is 0.889. The highest BCUT2D eigenvalue weighted by Gasteiger charge is 2.19. The van der Waals surface area contributed by atoms with Crippen molar-refractivity contribution < 1.29 is 4.74 Å². The predicted octanol–water partition coefficient (Wildman–Crippen LogP) is 2.78. The zero-order chi connectivity index (χ0) is 13.0. The number of ether oxygens (including phenoxy) is 1. The Morgan fingerprint density at radius 3 is 2.44 bits per heavy atom. The van der Waals surface area contributed by atoms with E-state index in [1.807, 2.05) is 0 Å². The van der Waals surface area contributed by atoms with E-state index in [4.69, 9.17) is 4.74 Å². The predicted molar refractivity (Wildman–Crippen MR) is 73.7 cm³/mol. The number of pyridine rings is 1. The topological polar surface area (TPSA) is 34.1 Å². The summed E-state index contributed by atoms with van der Waals surface area (Å²) in [5.74, 6) is 0.782. The second kappa shape index (κ2) is 6.30. The minimum Gasteiger partial charge on any atom is -0.381 e. The van der Waals surface area contributed by atoms with Gasteiger partial charge in [-0.05, 0) is 63.8 Å². The molecule has 1 aliphatic heterocycles. The maximum atomic E-state index is 5.43. The summed E-state index contributed by atoms with van der Waals surface area (Å²) in [6.45, 7) is 5.99. The fraction of sp³-hybridized carbons (Fsp3) is 0.667. The first-order valence-corrected chi connectivity index (χ1v) is 6.89. The largest absolute Gasteiger partial charge is 0.381 e. The lowest BCUT2D eigenvalue weighted by molar-refractivity contribution is 0.0608. The van der Waals surface area contributed by atoms with Gasteiger partial charge in [0.25, 0.3) is 0 Å². The summed E-state index contributed by atoms with van der Waals surface area (Å²) in [7, 11) is 2.05. The van der Waals surface area contributed by atoms with Crippen molar-refractivity contribution in [1.29, 1.82) is 0 Å². The van der Waals surface area contributed by atoms with Crippen molar-refractivity contribution in [2.24, 2.45) is 5.92 Å². The molecule has 2 heterocycles. The van der Waals surface area contributed by atoms with Gasteiger partial charge < -0.3 is 10.1 Å². The van der Waals surface area contributed by atoms with Crippen molar-refractivity contribution in [3.63, 3.8) is 0 Å². The fourth-order valence-electron chi connectivity index (χ4n) is 2.80. The first kappa shape index (κ1) is 13.5. The molecule has 0 amide bonds. The number of aromatic nitrogens is 1. The molecule has 1 fully saturated rings. The van der Waals surface area contributed by atoms with Crippen LogP contribution >= 0.6 is 0 Å². The number of hydrogen-bond donors (Lipinski definition) is 1. The van der Waals surface area contributed by atoms with Crippen LogP contribution in [0.15, 0.2) is 12.1 Å². The molecule has 2 rings (SSSR count). The number of rotatable bonds is 4. The van der Waals surface area contributed by atoms with Crippen molar-refractivity contribution >= 4 is 0 Å². The van der Waals surface area contributed by atoms with Gasteiger partial charge in [-0.2, -0.15) is 0 Å². The summed E-state index contributed by atoms with van der Waals surface area (Å²) in [6, 6.07) is 4.84. The molecule has 3 heteroatoms. The molecule has 100 valence electrons. The first-order valence-electron chi connectivity index (χ1n) is 6.89. The van der Waals surface area contributed by atoms with E-state index in [-0.39, 0.29) is 0 Å². The zero-order valence-electron chi connectivity index (χ0n) is 11.7. The third-order valence-corrected chi connectivity index (χ3v) is 3.76. The van der Waals surface area contributed by atoms with Gasteiger partial charge in [-0.15, -0.1) is 0 Å². The van der Waals surface area contributed by atoms with Crippen LogP contribution in [0, 0.1) is 19.8 Å². The second-order valence-electron chi connectivity index (χ2n) is 5.32. The Bertz CT molecular complexity index is 366. The molecule has 0 aromatic carbocycles. The maximum Gasteiger partial charge on any atom is 0.0468 e. The standard InChI is InChI=1S/C15H24N2O/c1-11-8-14(9-12(2)17-11)15(16-3)10-13-4-6-18-7-5-13/h8-9,13,15-16H,4-7,10H2,1-3H3. The van der Waals surface area contributed by atoms with Crippen LogP contribution in [0.5, 0.6) is 0 Å². The van der Waals surface area contributed by atoms with E-state index in [0.717, 1.165) is 30.5 Å². The number of aryl methyl sites for hydroxylation is 2. The van der Waals surface area contributed by atoms with E-state index in [0.29, 0.717) is 6.04 Å². The van der Waals surface area contributed by atoms with E-state index >= 15 is 0 Å². The van der Waals surface area contributed by atoms with Crippen molar-refractivity contribution in [1.82, 2.24) is 10.3 Å². The van der Waals surface area contributed by atoms with Crippen LogP contribution < -0.4 is 5.32 Å². The summed E-state index contributed by atoms with van der Waals surface area (Å²) >= 11 is 0. The Labute approximate surface area is 110 Å². The lowest BCUT2D eigenvalue weighted by atomic mass is 9.89. The molecule has 3 nitrogen and oxygen atoms in total. The summed E-state index contributed by atoms with van der Waals surface area (Å²) in [4.78, 5) is 4.45. The molecule has 1 atom stereocenters.